The quantitative estimate of drug-likeness (QED) is 0.242. The van der Waals surface area contributed by atoms with Crippen molar-refractivity contribution in [2.75, 3.05) is 19.7 Å². The molecule has 44 heavy (non-hydrogen) atoms. The number of ketones is 1. The number of carbonyl (C=O) groups excluding carboxylic acids is 4. The Morgan fingerprint density at radius 1 is 0.909 bits per heavy atom. The fourth-order valence-electron chi connectivity index (χ4n) is 5.42. The van der Waals surface area contributed by atoms with E-state index in [1.54, 1.807) is 4.90 Å². The number of carbonyl (C=O) groups is 4. The maximum absolute atomic E-state index is 14.0. The molecule has 0 unspecified atom stereocenters. The number of rotatable bonds is 16. The number of Topliss-reactive ketones (excluding diaryl/α,β-unsaturated/α-hetero) is 1. The van der Waals surface area contributed by atoms with Crippen LogP contribution in [-0.4, -0.2) is 71.6 Å². The van der Waals surface area contributed by atoms with E-state index in [1.165, 1.54) is 0 Å². The number of nitrogens with zero attached hydrogens (tertiary/aromatic N) is 1. The molecule has 2 aromatic rings. The van der Waals surface area contributed by atoms with E-state index in [9.17, 15) is 24.3 Å². The molecule has 5 atom stereocenters. The summed E-state index contributed by atoms with van der Waals surface area (Å²) in [5.41, 5.74) is 1.85. The summed E-state index contributed by atoms with van der Waals surface area (Å²) in [5.74, 6) is -1.17. The van der Waals surface area contributed by atoms with Crippen molar-refractivity contribution >= 4 is 23.7 Å². The zero-order valence-electron chi connectivity index (χ0n) is 26.4. The van der Waals surface area contributed by atoms with Crippen LogP contribution < -0.4 is 10.6 Å². The summed E-state index contributed by atoms with van der Waals surface area (Å²) in [6.07, 6.45) is 2.04. The molecule has 9 nitrogen and oxygen atoms in total. The van der Waals surface area contributed by atoms with Gasteiger partial charge in [0.2, 0.25) is 11.8 Å². The van der Waals surface area contributed by atoms with E-state index in [-0.39, 0.29) is 36.5 Å². The van der Waals surface area contributed by atoms with Gasteiger partial charge >= 0.3 is 6.09 Å². The Kier molecular flexibility index (Phi) is 14.4. The van der Waals surface area contributed by atoms with Crippen LogP contribution in [0.15, 0.2) is 60.7 Å². The van der Waals surface area contributed by atoms with Gasteiger partial charge in [-0.2, -0.15) is 0 Å². The lowest BCUT2D eigenvalue weighted by atomic mass is 9.88. The minimum absolute atomic E-state index is 0.0626. The molecule has 1 aliphatic rings. The summed E-state index contributed by atoms with van der Waals surface area (Å²) in [6.45, 7) is 6.91. The van der Waals surface area contributed by atoms with E-state index < -0.39 is 30.2 Å². The van der Waals surface area contributed by atoms with Crippen molar-refractivity contribution in [3.05, 3.63) is 71.8 Å². The van der Waals surface area contributed by atoms with Crippen LogP contribution in [0.5, 0.6) is 0 Å². The Morgan fingerprint density at radius 3 is 2.07 bits per heavy atom. The van der Waals surface area contributed by atoms with Gasteiger partial charge in [0.15, 0.2) is 0 Å². The molecule has 9 heteroatoms. The van der Waals surface area contributed by atoms with Gasteiger partial charge in [-0.05, 0) is 42.7 Å². The van der Waals surface area contributed by atoms with E-state index in [0.717, 1.165) is 24.0 Å². The van der Waals surface area contributed by atoms with Crippen LogP contribution in [0.3, 0.4) is 0 Å². The Bertz CT molecular complexity index is 1180. The van der Waals surface area contributed by atoms with Crippen LogP contribution in [0.25, 0.3) is 0 Å². The monoisotopic (exact) mass is 607 g/mol. The molecule has 0 aromatic heterocycles. The molecule has 0 saturated carbocycles. The van der Waals surface area contributed by atoms with Crippen molar-refractivity contribution in [2.45, 2.75) is 90.3 Å². The Balaban J connectivity index is 1.82. The zero-order valence-corrected chi connectivity index (χ0v) is 26.4. The predicted molar refractivity (Wildman–Crippen MR) is 170 cm³/mol. The fourth-order valence-corrected chi connectivity index (χ4v) is 5.42. The van der Waals surface area contributed by atoms with Crippen LogP contribution in [0, 0.1) is 11.8 Å². The number of nitrogens with one attached hydrogen (secondary N) is 2. The Hall–Kier alpha value is -3.72. The zero-order chi connectivity index (χ0) is 31.9. The first-order chi connectivity index (χ1) is 21.2. The number of hydrogen-bond acceptors (Lipinski definition) is 6. The second-order valence-corrected chi connectivity index (χ2v) is 11.9. The lowest BCUT2D eigenvalue weighted by Gasteiger charge is -2.34. The molecule has 3 rings (SSSR count). The second-order valence-electron chi connectivity index (χ2n) is 11.9. The van der Waals surface area contributed by atoms with Crippen LogP contribution in [0.4, 0.5) is 4.79 Å². The lowest BCUT2D eigenvalue weighted by Crippen LogP contribution is -2.55. The molecular weight excluding hydrogens is 558 g/mol. The predicted octanol–water partition coefficient (Wildman–Crippen LogP) is 4.46. The molecule has 3 N–H and O–H groups in total. The summed E-state index contributed by atoms with van der Waals surface area (Å²) >= 11 is 0. The Morgan fingerprint density at radius 2 is 1.50 bits per heavy atom. The number of alkyl carbamates (subject to hydrolysis) is 1. The van der Waals surface area contributed by atoms with Gasteiger partial charge in [0.05, 0.1) is 18.8 Å². The number of benzene rings is 2. The van der Waals surface area contributed by atoms with Crippen molar-refractivity contribution in [1.82, 2.24) is 15.5 Å². The van der Waals surface area contributed by atoms with Gasteiger partial charge in [-0.25, -0.2) is 4.79 Å². The highest BCUT2D eigenvalue weighted by Gasteiger charge is 2.35. The van der Waals surface area contributed by atoms with Crippen molar-refractivity contribution in [2.24, 2.45) is 11.8 Å². The van der Waals surface area contributed by atoms with E-state index in [2.05, 4.69) is 10.6 Å². The molecule has 1 fully saturated rings. The summed E-state index contributed by atoms with van der Waals surface area (Å²) < 4.78 is 5.33. The summed E-state index contributed by atoms with van der Waals surface area (Å²) in [6, 6.07) is 17.7. The second kappa shape index (κ2) is 18.2. The van der Waals surface area contributed by atoms with Crippen LogP contribution in [0.1, 0.15) is 70.4 Å². The third-order valence-corrected chi connectivity index (χ3v) is 8.43. The van der Waals surface area contributed by atoms with Gasteiger partial charge in [-0.3, -0.25) is 14.4 Å². The molecule has 0 aliphatic carbocycles. The number of amides is 3. The third kappa shape index (κ3) is 11.1. The average Bonchev–Trinajstić information content (AvgIpc) is 3.03. The van der Waals surface area contributed by atoms with Crippen LogP contribution in [-0.2, 0) is 32.0 Å². The fraction of sp³-hybridized carbons (Fsp3) is 0.543. The lowest BCUT2D eigenvalue weighted by molar-refractivity contribution is -0.141. The molecule has 0 spiro atoms. The molecule has 3 amide bonds. The molecule has 1 heterocycles. The van der Waals surface area contributed by atoms with Gasteiger partial charge in [-0.1, -0.05) is 94.3 Å². The van der Waals surface area contributed by atoms with Gasteiger partial charge in [-0.15, -0.1) is 0 Å². The number of hydrogen-bond donors (Lipinski definition) is 3. The molecule has 1 saturated heterocycles. The SMILES string of the molecule is CCCCOC(=O)N[C@H](Cc1ccccc1)[C@@H](O)C[C@H](Cc1ccccc1)C(=O)N[C@H](C(=O)N1CCC(=O)CC1)[C@@H](C)CC. The molecule has 240 valence electrons. The van der Waals surface area contributed by atoms with Gasteiger partial charge in [0.1, 0.15) is 11.8 Å². The summed E-state index contributed by atoms with van der Waals surface area (Å²) in [5, 5.41) is 17.4. The largest absolute Gasteiger partial charge is 0.450 e. The topological polar surface area (TPSA) is 125 Å². The first-order valence-corrected chi connectivity index (χ1v) is 16.0. The van der Waals surface area contributed by atoms with E-state index in [1.807, 2.05) is 81.4 Å². The first-order valence-electron chi connectivity index (χ1n) is 16.0. The molecule has 1 aliphatic heterocycles. The number of unbranched alkanes of at least 4 members (excludes halogenated alkanes) is 1. The van der Waals surface area contributed by atoms with Crippen molar-refractivity contribution in [1.29, 1.82) is 0 Å². The number of likely N-dealkylation sites (tertiary alicyclic amines) is 1. The van der Waals surface area contributed by atoms with Gasteiger partial charge in [0.25, 0.3) is 0 Å². The molecule has 0 bridgehead atoms. The minimum atomic E-state index is -1.07. The molecule has 0 radical (unpaired) electrons. The third-order valence-electron chi connectivity index (χ3n) is 8.43. The summed E-state index contributed by atoms with van der Waals surface area (Å²) in [7, 11) is 0. The molecular formula is C35H49N3O6. The number of piperidine rings is 1. The van der Waals surface area contributed by atoms with Crippen LogP contribution >= 0.6 is 0 Å². The smallest absolute Gasteiger partial charge is 0.407 e. The Labute approximate surface area is 261 Å². The summed E-state index contributed by atoms with van der Waals surface area (Å²) in [4.78, 5) is 53.6. The number of ether oxygens (including phenoxy) is 1. The normalized spacial score (nSPS) is 16.7. The van der Waals surface area contributed by atoms with E-state index >= 15 is 0 Å². The van der Waals surface area contributed by atoms with E-state index in [4.69, 9.17) is 4.74 Å². The number of aliphatic hydroxyl groups excluding tert-OH is 1. The highest BCUT2D eigenvalue weighted by atomic mass is 16.5. The molecule has 2 aromatic carbocycles. The highest BCUT2D eigenvalue weighted by Crippen LogP contribution is 2.21. The van der Waals surface area contributed by atoms with Gasteiger partial charge in [0, 0.05) is 31.8 Å². The highest BCUT2D eigenvalue weighted by molar-refractivity contribution is 5.90. The maximum atomic E-state index is 14.0. The maximum Gasteiger partial charge on any atom is 0.407 e. The number of aliphatic hydroxyl groups is 1. The van der Waals surface area contributed by atoms with Crippen LogP contribution in [0.2, 0.25) is 0 Å². The standard InChI is InChI=1S/C35H49N3O6/c1-4-6-21-44-35(43)36-30(23-27-15-11-8-12-16-27)31(40)24-28(22-26-13-9-7-10-14-26)33(41)37-32(25(3)5-2)34(42)38-19-17-29(39)18-20-38/h7-16,25,28,30-32,40H,4-6,17-24H2,1-3H3,(H,36,43)(H,37,41)/t25-,28-,30+,31-,32-/m0/s1. The average molecular weight is 608 g/mol. The van der Waals surface area contributed by atoms with Gasteiger partial charge < -0.3 is 25.4 Å². The minimum Gasteiger partial charge on any atom is -0.450 e. The van der Waals surface area contributed by atoms with Crippen molar-refractivity contribution in [3.8, 4) is 0 Å². The first kappa shape index (κ1) is 34.8. The van der Waals surface area contributed by atoms with E-state index in [0.29, 0.717) is 45.2 Å². The van der Waals surface area contributed by atoms with Crippen molar-refractivity contribution in [3.63, 3.8) is 0 Å². The van der Waals surface area contributed by atoms with Crippen molar-refractivity contribution < 1.29 is 29.0 Å².